The molecule has 0 saturated carbocycles. The summed E-state index contributed by atoms with van der Waals surface area (Å²) >= 11 is 6.24. The van der Waals surface area contributed by atoms with E-state index in [1.165, 1.54) is 0 Å². The van der Waals surface area contributed by atoms with Crippen LogP contribution in [0.1, 0.15) is 24.7 Å². The summed E-state index contributed by atoms with van der Waals surface area (Å²) in [6.07, 6.45) is 5.58. The highest BCUT2D eigenvalue weighted by Crippen LogP contribution is 2.23. The Morgan fingerprint density at radius 2 is 2.28 bits per heavy atom. The van der Waals surface area contributed by atoms with Gasteiger partial charge >= 0.3 is 0 Å². The SMILES string of the molecule is CCCc1nccn1-c1ccc(C(=N)N)cc1Cl. The van der Waals surface area contributed by atoms with Gasteiger partial charge in [-0.1, -0.05) is 18.5 Å². The molecular weight excluding hydrogens is 248 g/mol. The Labute approximate surface area is 111 Å². The smallest absolute Gasteiger partial charge is 0.122 e. The monoisotopic (exact) mass is 262 g/mol. The first-order valence-corrected chi connectivity index (χ1v) is 6.17. The maximum atomic E-state index is 7.39. The Hall–Kier alpha value is -1.81. The van der Waals surface area contributed by atoms with Crippen molar-refractivity contribution in [3.8, 4) is 5.69 Å². The fraction of sp³-hybridized carbons (Fsp3) is 0.231. The number of aromatic nitrogens is 2. The molecule has 0 amide bonds. The van der Waals surface area contributed by atoms with Gasteiger partial charge < -0.3 is 10.3 Å². The van der Waals surface area contributed by atoms with Gasteiger partial charge in [0.25, 0.3) is 0 Å². The number of halogens is 1. The number of nitrogen functional groups attached to an aromatic ring is 1. The first-order chi connectivity index (χ1) is 8.63. The molecule has 0 spiro atoms. The van der Waals surface area contributed by atoms with Crippen LogP contribution in [0.25, 0.3) is 5.69 Å². The van der Waals surface area contributed by atoms with Crippen LogP contribution in [0.15, 0.2) is 30.6 Å². The van der Waals surface area contributed by atoms with E-state index >= 15 is 0 Å². The predicted molar refractivity (Wildman–Crippen MR) is 73.6 cm³/mol. The van der Waals surface area contributed by atoms with Crippen molar-refractivity contribution in [3.63, 3.8) is 0 Å². The predicted octanol–water partition coefficient (Wildman–Crippen LogP) is 2.76. The van der Waals surface area contributed by atoms with Crippen LogP contribution < -0.4 is 5.73 Å². The van der Waals surface area contributed by atoms with E-state index in [-0.39, 0.29) is 5.84 Å². The molecule has 0 aliphatic carbocycles. The maximum Gasteiger partial charge on any atom is 0.122 e. The zero-order chi connectivity index (χ0) is 13.1. The lowest BCUT2D eigenvalue weighted by atomic mass is 10.2. The number of nitrogens with two attached hydrogens (primary N) is 1. The molecule has 3 N–H and O–H groups in total. The molecule has 1 aromatic heterocycles. The molecular formula is C13H15ClN4. The molecule has 2 rings (SSSR count). The molecule has 2 aromatic rings. The van der Waals surface area contributed by atoms with Gasteiger partial charge in [-0.05, 0) is 24.6 Å². The lowest BCUT2D eigenvalue weighted by Crippen LogP contribution is -2.11. The van der Waals surface area contributed by atoms with Crippen molar-refractivity contribution in [2.75, 3.05) is 0 Å². The van der Waals surface area contributed by atoms with E-state index < -0.39 is 0 Å². The molecule has 0 unspecified atom stereocenters. The minimum Gasteiger partial charge on any atom is -0.384 e. The van der Waals surface area contributed by atoms with Gasteiger partial charge in [0.15, 0.2) is 0 Å². The van der Waals surface area contributed by atoms with Crippen LogP contribution in [0.5, 0.6) is 0 Å². The van der Waals surface area contributed by atoms with Crippen LogP contribution in [0.2, 0.25) is 5.02 Å². The lowest BCUT2D eigenvalue weighted by molar-refractivity contribution is 0.809. The summed E-state index contributed by atoms with van der Waals surface area (Å²) < 4.78 is 1.97. The molecule has 0 radical (unpaired) electrons. The van der Waals surface area contributed by atoms with Gasteiger partial charge in [-0.3, -0.25) is 5.41 Å². The summed E-state index contributed by atoms with van der Waals surface area (Å²) in [5.41, 5.74) is 6.92. The minimum absolute atomic E-state index is 0.0165. The second kappa shape index (κ2) is 5.23. The number of hydrogen-bond acceptors (Lipinski definition) is 2. The standard InChI is InChI=1S/C13H15ClN4/c1-2-3-12-17-6-7-18(12)11-5-4-9(13(15)16)8-10(11)14/h4-8H,2-3H2,1H3,(H3,15,16). The molecule has 4 nitrogen and oxygen atoms in total. The minimum atomic E-state index is 0.0165. The van der Waals surface area contributed by atoms with Crippen LogP contribution in [0.3, 0.4) is 0 Å². The van der Waals surface area contributed by atoms with Gasteiger partial charge in [0.1, 0.15) is 11.7 Å². The highest BCUT2D eigenvalue weighted by molar-refractivity contribution is 6.32. The maximum absolute atomic E-state index is 7.39. The van der Waals surface area contributed by atoms with Gasteiger partial charge in [-0.2, -0.15) is 0 Å². The van der Waals surface area contributed by atoms with Crippen LogP contribution >= 0.6 is 11.6 Å². The van der Waals surface area contributed by atoms with Crippen molar-refractivity contribution in [2.45, 2.75) is 19.8 Å². The average molecular weight is 263 g/mol. The van der Waals surface area contributed by atoms with Crippen molar-refractivity contribution in [1.29, 1.82) is 5.41 Å². The van der Waals surface area contributed by atoms with Crippen LogP contribution in [-0.4, -0.2) is 15.4 Å². The van der Waals surface area contributed by atoms with E-state index in [4.69, 9.17) is 22.7 Å². The summed E-state index contributed by atoms with van der Waals surface area (Å²) in [5, 5.41) is 7.95. The Balaban J connectivity index is 2.44. The van der Waals surface area contributed by atoms with Gasteiger partial charge in [0.05, 0.1) is 10.7 Å². The van der Waals surface area contributed by atoms with Crippen molar-refractivity contribution < 1.29 is 0 Å². The Kier molecular flexibility index (Phi) is 3.67. The van der Waals surface area contributed by atoms with Crippen molar-refractivity contribution in [2.24, 2.45) is 5.73 Å². The van der Waals surface area contributed by atoms with Crippen LogP contribution in [-0.2, 0) is 6.42 Å². The number of nitrogens with one attached hydrogen (secondary N) is 1. The van der Waals surface area contributed by atoms with Crippen LogP contribution in [0, 0.1) is 5.41 Å². The van der Waals surface area contributed by atoms with E-state index in [9.17, 15) is 0 Å². The summed E-state index contributed by atoms with van der Waals surface area (Å²) in [4.78, 5) is 4.32. The molecule has 0 aliphatic rings. The lowest BCUT2D eigenvalue weighted by Gasteiger charge is -2.10. The molecule has 94 valence electrons. The second-order valence-electron chi connectivity index (χ2n) is 4.04. The first-order valence-electron chi connectivity index (χ1n) is 5.80. The van der Waals surface area contributed by atoms with Gasteiger partial charge in [-0.25, -0.2) is 4.98 Å². The van der Waals surface area contributed by atoms with Gasteiger partial charge in [-0.15, -0.1) is 0 Å². The molecule has 0 atom stereocenters. The quantitative estimate of drug-likeness (QED) is 0.657. The number of hydrogen-bond donors (Lipinski definition) is 2. The normalized spacial score (nSPS) is 10.6. The van der Waals surface area contributed by atoms with Gasteiger partial charge in [0, 0.05) is 24.4 Å². The number of benzene rings is 1. The topological polar surface area (TPSA) is 67.7 Å². The molecule has 0 bridgehead atoms. The zero-order valence-electron chi connectivity index (χ0n) is 10.2. The Morgan fingerprint density at radius 3 is 2.89 bits per heavy atom. The summed E-state index contributed by atoms with van der Waals surface area (Å²) in [6, 6.07) is 5.36. The average Bonchev–Trinajstić information content (AvgIpc) is 2.77. The fourth-order valence-corrected chi connectivity index (χ4v) is 2.10. The molecule has 0 aliphatic heterocycles. The van der Waals surface area contributed by atoms with Crippen molar-refractivity contribution in [3.05, 3.63) is 47.0 Å². The van der Waals surface area contributed by atoms with E-state index in [1.54, 1.807) is 18.3 Å². The number of amidine groups is 1. The van der Waals surface area contributed by atoms with Crippen molar-refractivity contribution >= 4 is 17.4 Å². The number of rotatable bonds is 4. The Bertz CT molecular complexity index is 574. The number of aryl methyl sites for hydroxylation is 1. The molecule has 1 aromatic carbocycles. The van der Waals surface area contributed by atoms with E-state index in [0.717, 1.165) is 24.4 Å². The third-order valence-corrected chi connectivity index (χ3v) is 3.01. The molecule has 1 heterocycles. The summed E-state index contributed by atoms with van der Waals surface area (Å²) in [5.74, 6) is 0.998. The third kappa shape index (κ3) is 2.38. The third-order valence-electron chi connectivity index (χ3n) is 2.71. The largest absolute Gasteiger partial charge is 0.384 e. The summed E-state index contributed by atoms with van der Waals surface area (Å²) in [6.45, 7) is 2.11. The molecule has 0 saturated heterocycles. The highest BCUT2D eigenvalue weighted by Gasteiger charge is 2.09. The zero-order valence-corrected chi connectivity index (χ0v) is 10.9. The molecule has 0 fully saturated rings. The van der Waals surface area contributed by atoms with E-state index in [1.807, 2.05) is 16.8 Å². The highest BCUT2D eigenvalue weighted by atomic mass is 35.5. The van der Waals surface area contributed by atoms with Crippen LogP contribution in [0.4, 0.5) is 0 Å². The number of nitrogens with zero attached hydrogens (tertiary/aromatic N) is 2. The Morgan fingerprint density at radius 1 is 1.50 bits per heavy atom. The molecule has 5 heteroatoms. The molecule has 18 heavy (non-hydrogen) atoms. The van der Waals surface area contributed by atoms with Gasteiger partial charge in [0.2, 0.25) is 0 Å². The second-order valence-corrected chi connectivity index (χ2v) is 4.45. The van der Waals surface area contributed by atoms with Crippen molar-refractivity contribution in [1.82, 2.24) is 9.55 Å². The fourth-order valence-electron chi connectivity index (χ4n) is 1.83. The summed E-state index contributed by atoms with van der Waals surface area (Å²) in [7, 11) is 0. The first kappa shape index (κ1) is 12.6. The van der Waals surface area contributed by atoms with E-state index in [0.29, 0.717) is 10.6 Å². The number of imidazole rings is 1. The van der Waals surface area contributed by atoms with E-state index in [2.05, 4.69) is 11.9 Å².